The molecule has 1 amide bonds. The van der Waals surface area contributed by atoms with Crippen LogP contribution < -0.4 is 15.5 Å². The van der Waals surface area contributed by atoms with E-state index in [4.69, 9.17) is 0 Å². The minimum Gasteiger partial charge on any atom is -0.354 e. The van der Waals surface area contributed by atoms with Crippen molar-refractivity contribution in [1.82, 2.24) is 14.9 Å². The first-order valence-electron chi connectivity index (χ1n) is 11.8. The Hall–Kier alpha value is -2.41. The molecule has 31 heavy (non-hydrogen) atoms. The summed E-state index contributed by atoms with van der Waals surface area (Å²) >= 11 is 0. The van der Waals surface area contributed by atoms with E-state index in [1.165, 1.54) is 25.9 Å². The molecule has 3 rings (SSSR count). The molecular weight excluding hydrogens is 388 g/mol. The maximum absolute atomic E-state index is 12.2. The van der Waals surface area contributed by atoms with Crippen LogP contribution in [0, 0.1) is 5.92 Å². The largest absolute Gasteiger partial charge is 0.354 e. The van der Waals surface area contributed by atoms with Gasteiger partial charge in [0.15, 0.2) is 5.82 Å². The smallest absolute Gasteiger partial charge is 0.244 e. The molecule has 2 aliphatic rings. The summed E-state index contributed by atoms with van der Waals surface area (Å²) in [5.41, 5.74) is 0.681. The summed E-state index contributed by atoms with van der Waals surface area (Å²) in [5.74, 6) is 1.68. The second-order valence-electron chi connectivity index (χ2n) is 7.86. The van der Waals surface area contributed by atoms with E-state index in [1.807, 2.05) is 19.9 Å². The predicted molar refractivity (Wildman–Crippen MR) is 131 cm³/mol. The topological polar surface area (TPSA) is 73.4 Å². The fourth-order valence-electron chi connectivity index (χ4n) is 3.83. The highest BCUT2D eigenvalue weighted by molar-refractivity contribution is 6.00. The van der Waals surface area contributed by atoms with Crippen LogP contribution >= 0.6 is 0 Å². The van der Waals surface area contributed by atoms with Gasteiger partial charge >= 0.3 is 0 Å². The Labute approximate surface area is 188 Å². The first-order valence-corrected chi connectivity index (χ1v) is 11.8. The van der Waals surface area contributed by atoms with Gasteiger partial charge in [0, 0.05) is 19.6 Å². The Kier molecular flexibility index (Phi) is 11.1. The van der Waals surface area contributed by atoms with E-state index in [1.54, 1.807) is 6.20 Å². The summed E-state index contributed by atoms with van der Waals surface area (Å²) in [5, 5.41) is 6.17. The van der Waals surface area contributed by atoms with Crippen LogP contribution in [0.25, 0.3) is 0 Å². The van der Waals surface area contributed by atoms with E-state index in [0.717, 1.165) is 44.7 Å². The van der Waals surface area contributed by atoms with Gasteiger partial charge in [0.25, 0.3) is 0 Å². The number of fused-ring (bicyclic) bond motifs is 1. The molecule has 0 bridgehead atoms. The lowest BCUT2D eigenvalue weighted by molar-refractivity contribution is -0.115. The van der Waals surface area contributed by atoms with Gasteiger partial charge in [-0.15, -0.1) is 6.58 Å². The number of carbonyl (C=O) groups is 1. The molecule has 7 heteroatoms. The highest BCUT2D eigenvalue weighted by Crippen LogP contribution is 2.28. The number of amides is 1. The van der Waals surface area contributed by atoms with Crippen molar-refractivity contribution in [3.05, 3.63) is 31.0 Å². The SMILES string of the molecule is C=CCC(/C=C/CN1CCCC1)CN1CC(=O)Nc2cnc(NCCCC)nc21.CC. The molecule has 2 aliphatic heterocycles. The highest BCUT2D eigenvalue weighted by Gasteiger charge is 2.25. The summed E-state index contributed by atoms with van der Waals surface area (Å²) in [6.45, 7) is 15.4. The van der Waals surface area contributed by atoms with E-state index >= 15 is 0 Å². The van der Waals surface area contributed by atoms with Gasteiger partial charge in [0.05, 0.1) is 12.7 Å². The van der Waals surface area contributed by atoms with Crippen LogP contribution in [0.15, 0.2) is 31.0 Å². The molecule has 3 heterocycles. The molecule has 2 N–H and O–H groups in total. The van der Waals surface area contributed by atoms with Crippen molar-refractivity contribution in [1.29, 1.82) is 0 Å². The molecule has 1 atom stereocenters. The molecule has 0 spiro atoms. The monoisotopic (exact) mass is 428 g/mol. The van der Waals surface area contributed by atoms with Crippen LogP contribution in [-0.4, -0.2) is 60.0 Å². The molecule has 0 radical (unpaired) electrons. The van der Waals surface area contributed by atoms with Gasteiger partial charge in [-0.3, -0.25) is 9.69 Å². The van der Waals surface area contributed by atoms with Gasteiger partial charge in [-0.05, 0) is 44.7 Å². The van der Waals surface area contributed by atoms with E-state index in [-0.39, 0.29) is 5.91 Å². The number of hydrogen-bond donors (Lipinski definition) is 2. The van der Waals surface area contributed by atoms with E-state index in [2.05, 4.69) is 56.1 Å². The summed E-state index contributed by atoms with van der Waals surface area (Å²) in [7, 11) is 0. The molecular formula is C24H40N6O. The Morgan fingerprint density at radius 1 is 1.32 bits per heavy atom. The number of allylic oxidation sites excluding steroid dienone is 1. The fraction of sp³-hybridized carbons (Fsp3) is 0.625. The maximum atomic E-state index is 12.2. The van der Waals surface area contributed by atoms with E-state index < -0.39 is 0 Å². The summed E-state index contributed by atoms with van der Waals surface area (Å²) in [4.78, 5) is 25.8. The molecule has 0 saturated carbocycles. The zero-order valence-electron chi connectivity index (χ0n) is 19.6. The molecule has 1 fully saturated rings. The molecule has 7 nitrogen and oxygen atoms in total. The molecule has 1 unspecified atom stereocenters. The Bertz CT molecular complexity index is 714. The number of anilines is 3. The second-order valence-corrected chi connectivity index (χ2v) is 7.86. The van der Waals surface area contributed by atoms with Crippen molar-refractivity contribution >= 4 is 23.4 Å². The van der Waals surface area contributed by atoms with Crippen LogP contribution in [0.1, 0.15) is 52.9 Å². The van der Waals surface area contributed by atoms with Crippen LogP contribution in [0.2, 0.25) is 0 Å². The van der Waals surface area contributed by atoms with Gasteiger partial charge in [-0.2, -0.15) is 4.98 Å². The van der Waals surface area contributed by atoms with Gasteiger partial charge in [0.2, 0.25) is 11.9 Å². The Morgan fingerprint density at radius 2 is 2.10 bits per heavy atom. The number of aromatic nitrogens is 2. The number of nitrogens with one attached hydrogen (secondary N) is 2. The lowest BCUT2D eigenvalue weighted by Crippen LogP contribution is -2.41. The van der Waals surface area contributed by atoms with Crippen molar-refractivity contribution < 1.29 is 4.79 Å². The molecule has 172 valence electrons. The van der Waals surface area contributed by atoms with Crippen molar-refractivity contribution in [2.75, 3.05) is 54.8 Å². The minimum atomic E-state index is -0.0220. The number of hydrogen-bond acceptors (Lipinski definition) is 6. The number of likely N-dealkylation sites (tertiary alicyclic amines) is 1. The van der Waals surface area contributed by atoms with Crippen LogP contribution in [0.3, 0.4) is 0 Å². The third-order valence-corrected chi connectivity index (χ3v) is 5.39. The van der Waals surface area contributed by atoms with Crippen molar-refractivity contribution in [2.45, 2.75) is 52.9 Å². The average molecular weight is 429 g/mol. The van der Waals surface area contributed by atoms with Gasteiger partial charge in [0.1, 0.15) is 5.69 Å². The normalized spacial score (nSPS) is 17.0. The summed E-state index contributed by atoms with van der Waals surface area (Å²) < 4.78 is 0. The number of carbonyl (C=O) groups excluding carboxylic acids is 1. The zero-order chi connectivity index (χ0) is 22.5. The van der Waals surface area contributed by atoms with Crippen molar-refractivity contribution in [2.24, 2.45) is 5.92 Å². The fourth-order valence-corrected chi connectivity index (χ4v) is 3.83. The zero-order valence-corrected chi connectivity index (χ0v) is 19.6. The van der Waals surface area contributed by atoms with Crippen LogP contribution in [-0.2, 0) is 4.79 Å². The molecule has 0 aromatic carbocycles. The Morgan fingerprint density at radius 3 is 2.81 bits per heavy atom. The first kappa shape index (κ1) is 24.9. The van der Waals surface area contributed by atoms with Crippen molar-refractivity contribution in [3.63, 3.8) is 0 Å². The van der Waals surface area contributed by atoms with Crippen LogP contribution in [0.5, 0.6) is 0 Å². The molecule has 1 aromatic heterocycles. The third kappa shape index (κ3) is 7.98. The summed E-state index contributed by atoms with van der Waals surface area (Å²) in [6, 6.07) is 0. The van der Waals surface area contributed by atoms with E-state index in [0.29, 0.717) is 24.1 Å². The standard InChI is InChI=1S/C22H34N6O.C2H6/c1-3-5-11-23-22-24-15-19-21(26-22)28(17-20(29)25-19)16-18(9-4-2)10-8-14-27-12-6-7-13-27;1-2/h4,8,10,15,18H,2-3,5-7,9,11-14,16-17H2,1H3,(H,25,29)(H,23,24,26);1-2H3/b10-8+;. The first-order chi connectivity index (χ1) is 15.2. The number of rotatable bonds is 11. The van der Waals surface area contributed by atoms with Crippen LogP contribution in [0.4, 0.5) is 17.5 Å². The van der Waals surface area contributed by atoms with Crippen molar-refractivity contribution in [3.8, 4) is 0 Å². The third-order valence-electron chi connectivity index (χ3n) is 5.39. The van der Waals surface area contributed by atoms with Gasteiger partial charge < -0.3 is 15.5 Å². The quantitative estimate of drug-likeness (QED) is 0.404. The number of nitrogens with zero attached hydrogens (tertiary/aromatic N) is 4. The average Bonchev–Trinajstić information content (AvgIpc) is 3.29. The number of unbranched alkanes of at least 4 members (excludes halogenated alkanes) is 1. The van der Waals surface area contributed by atoms with Gasteiger partial charge in [-0.1, -0.05) is 45.4 Å². The highest BCUT2D eigenvalue weighted by atomic mass is 16.2. The maximum Gasteiger partial charge on any atom is 0.244 e. The van der Waals surface area contributed by atoms with Gasteiger partial charge in [-0.25, -0.2) is 4.98 Å². The van der Waals surface area contributed by atoms with E-state index in [9.17, 15) is 4.79 Å². The minimum absolute atomic E-state index is 0.0220. The lowest BCUT2D eigenvalue weighted by atomic mass is 10.0. The molecule has 1 saturated heterocycles. The predicted octanol–water partition coefficient (Wildman–Crippen LogP) is 4.32. The molecule has 0 aliphatic carbocycles. The lowest BCUT2D eigenvalue weighted by Gasteiger charge is -2.31. The second kappa shape index (κ2) is 13.8. The Balaban J connectivity index is 0.00000166. The molecule has 1 aromatic rings. The summed E-state index contributed by atoms with van der Waals surface area (Å²) in [6.07, 6.45) is 13.9.